The summed E-state index contributed by atoms with van der Waals surface area (Å²) in [6.07, 6.45) is 6.47. The van der Waals surface area contributed by atoms with E-state index in [0.29, 0.717) is 0 Å². The molecule has 0 spiro atoms. The van der Waals surface area contributed by atoms with E-state index in [1.54, 1.807) is 14.2 Å². The molecule has 3 heteroatoms. The van der Waals surface area contributed by atoms with Crippen molar-refractivity contribution in [3.8, 4) is 11.5 Å². The van der Waals surface area contributed by atoms with Gasteiger partial charge in [-0.15, -0.1) is 0 Å². The molecule has 3 nitrogen and oxygen atoms in total. The Labute approximate surface area is 149 Å². The van der Waals surface area contributed by atoms with E-state index >= 15 is 0 Å². The second-order valence-corrected chi connectivity index (χ2v) is 5.93. The molecule has 0 N–H and O–H groups in total. The van der Waals surface area contributed by atoms with Crippen molar-refractivity contribution in [3.63, 3.8) is 0 Å². The van der Waals surface area contributed by atoms with Gasteiger partial charge in [0.05, 0.1) is 14.2 Å². The number of allylic oxidation sites excluding steroid dienone is 1. The van der Waals surface area contributed by atoms with Crippen LogP contribution in [0.2, 0.25) is 0 Å². The largest absolute Gasteiger partial charge is 0.497 e. The van der Waals surface area contributed by atoms with Gasteiger partial charge in [0, 0.05) is 24.9 Å². The molecule has 0 saturated heterocycles. The molecule has 0 aliphatic carbocycles. The van der Waals surface area contributed by atoms with Crippen molar-refractivity contribution in [3.05, 3.63) is 89.8 Å². The first kappa shape index (κ1) is 16.9. The highest BCUT2D eigenvalue weighted by Crippen LogP contribution is 2.28. The van der Waals surface area contributed by atoms with E-state index in [1.165, 1.54) is 11.3 Å². The van der Waals surface area contributed by atoms with E-state index in [1.807, 2.05) is 24.3 Å². The van der Waals surface area contributed by atoms with Crippen LogP contribution in [0.1, 0.15) is 22.7 Å². The lowest BCUT2D eigenvalue weighted by Crippen LogP contribution is -2.03. The lowest BCUT2D eigenvalue weighted by Gasteiger charge is -2.15. The number of ether oxygens (including phenoxy) is 2. The van der Waals surface area contributed by atoms with Crippen molar-refractivity contribution in [2.75, 3.05) is 14.2 Å². The molecule has 25 heavy (non-hydrogen) atoms. The standard InChI is InChI=1S/C22H23NO2/c1-23-16-4-5-22(23)21(18-9-13-20(25-3)14-10-18)15-8-17-6-11-19(24-2)12-7-17/h4-16,21H,1-3H3/b15-8+. The normalized spacial score (nSPS) is 12.3. The van der Waals surface area contributed by atoms with Gasteiger partial charge in [-0.05, 0) is 47.5 Å². The Balaban J connectivity index is 1.92. The van der Waals surface area contributed by atoms with Crippen molar-refractivity contribution in [1.82, 2.24) is 4.57 Å². The molecule has 0 aliphatic heterocycles. The van der Waals surface area contributed by atoms with Crippen molar-refractivity contribution in [2.24, 2.45) is 7.05 Å². The van der Waals surface area contributed by atoms with Crippen LogP contribution in [-0.2, 0) is 7.05 Å². The van der Waals surface area contributed by atoms with Gasteiger partial charge in [0.25, 0.3) is 0 Å². The van der Waals surface area contributed by atoms with Crippen LogP contribution < -0.4 is 9.47 Å². The lowest BCUT2D eigenvalue weighted by atomic mass is 9.94. The molecule has 0 saturated carbocycles. The molecule has 2 aromatic carbocycles. The molecule has 0 aliphatic rings. The average Bonchev–Trinajstić information content (AvgIpc) is 3.09. The van der Waals surface area contributed by atoms with E-state index in [4.69, 9.17) is 9.47 Å². The van der Waals surface area contributed by atoms with Crippen molar-refractivity contribution in [2.45, 2.75) is 5.92 Å². The summed E-state index contributed by atoms with van der Waals surface area (Å²) in [7, 11) is 5.44. The average molecular weight is 333 g/mol. The number of benzene rings is 2. The van der Waals surface area contributed by atoms with E-state index < -0.39 is 0 Å². The molecule has 3 rings (SSSR count). The Kier molecular flexibility index (Phi) is 5.24. The van der Waals surface area contributed by atoms with Crippen LogP contribution >= 0.6 is 0 Å². The molecule has 1 heterocycles. The quantitative estimate of drug-likeness (QED) is 0.641. The van der Waals surface area contributed by atoms with Gasteiger partial charge in [-0.1, -0.05) is 36.4 Å². The minimum atomic E-state index is 0.174. The third-order valence-corrected chi connectivity index (χ3v) is 4.37. The summed E-state index contributed by atoms with van der Waals surface area (Å²) >= 11 is 0. The van der Waals surface area contributed by atoms with Crippen molar-refractivity contribution < 1.29 is 9.47 Å². The molecule has 1 atom stereocenters. The third kappa shape index (κ3) is 3.94. The summed E-state index contributed by atoms with van der Waals surface area (Å²) in [6.45, 7) is 0. The van der Waals surface area contributed by atoms with E-state index in [-0.39, 0.29) is 5.92 Å². The first-order valence-electron chi connectivity index (χ1n) is 8.28. The number of hydrogen-bond acceptors (Lipinski definition) is 2. The van der Waals surface area contributed by atoms with Gasteiger partial charge in [0.2, 0.25) is 0 Å². The summed E-state index contributed by atoms with van der Waals surface area (Å²) in [5.74, 6) is 1.91. The Morgan fingerprint density at radius 3 is 1.96 bits per heavy atom. The summed E-state index contributed by atoms with van der Waals surface area (Å²) in [4.78, 5) is 0. The Hall–Kier alpha value is -2.94. The van der Waals surface area contributed by atoms with Crippen molar-refractivity contribution >= 4 is 6.08 Å². The molecule has 3 aromatic rings. The summed E-state index contributed by atoms with van der Waals surface area (Å²) in [5.41, 5.74) is 3.62. The van der Waals surface area contributed by atoms with E-state index in [2.05, 4.69) is 66.4 Å². The monoisotopic (exact) mass is 333 g/mol. The molecule has 0 fully saturated rings. The number of methoxy groups -OCH3 is 2. The van der Waals surface area contributed by atoms with Gasteiger partial charge in [-0.2, -0.15) is 0 Å². The van der Waals surface area contributed by atoms with Crippen LogP contribution in [0.25, 0.3) is 6.08 Å². The van der Waals surface area contributed by atoms with Crippen LogP contribution in [0.3, 0.4) is 0 Å². The summed E-state index contributed by atoms with van der Waals surface area (Å²) in [6, 6.07) is 20.6. The molecule has 1 aromatic heterocycles. The highest BCUT2D eigenvalue weighted by Gasteiger charge is 2.13. The first-order valence-corrected chi connectivity index (χ1v) is 8.28. The SMILES string of the molecule is COc1ccc(/C=C/C(c2ccc(OC)cc2)c2cccn2C)cc1. The zero-order valence-electron chi connectivity index (χ0n) is 14.8. The first-order chi connectivity index (χ1) is 12.2. The van der Waals surface area contributed by atoms with Gasteiger partial charge in [-0.25, -0.2) is 0 Å². The van der Waals surface area contributed by atoms with Crippen LogP contribution in [-0.4, -0.2) is 18.8 Å². The number of aryl methyl sites for hydroxylation is 1. The van der Waals surface area contributed by atoms with Crippen LogP contribution in [0.4, 0.5) is 0 Å². The Bertz CT molecular complexity index is 829. The summed E-state index contributed by atoms with van der Waals surface area (Å²) < 4.78 is 12.7. The van der Waals surface area contributed by atoms with Gasteiger partial charge in [0.15, 0.2) is 0 Å². The number of nitrogens with zero attached hydrogens (tertiary/aromatic N) is 1. The maximum atomic E-state index is 5.28. The number of aromatic nitrogens is 1. The fourth-order valence-electron chi connectivity index (χ4n) is 2.91. The van der Waals surface area contributed by atoms with Gasteiger partial charge >= 0.3 is 0 Å². The summed E-state index contributed by atoms with van der Waals surface area (Å²) in [5, 5.41) is 0. The van der Waals surface area contributed by atoms with E-state index in [9.17, 15) is 0 Å². The second-order valence-electron chi connectivity index (χ2n) is 5.93. The molecule has 0 bridgehead atoms. The molecular weight excluding hydrogens is 310 g/mol. The van der Waals surface area contributed by atoms with Crippen LogP contribution in [0.5, 0.6) is 11.5 Å². The van der Waals surface area contributed by atoms with Crippen LogP contribution in [0.15, 0.2) is 72.9 Å². The molecular formula is C22H23NO2. The smallest absolute Gasteiger partial charge is 0.118 e. The van der Waals surface area contributed by atoms with Gasteiger partial charge in [-0.3, -0.25) is 0 Å². The van der Waals surface area contributed by atoms with Gasteiger partial charge < -0.3 is 14.0 Å². The zero-order chi connectivity index (χ0) is 17.6. The Morgan fingerprint density at radius 1 is 0.840 bits per heavy atom. The molecule has 0 radical (unpaired) electrons. The minimum Gasteiger partial charge on any atom is -0.497 e. The predicted molar refractivity (Wildman–Crippen MR) is 102 cm³/mol. The molecule has 0 amide bonds. The van der Waals surface area contributed by atoms with Gasteiger partial charge in [0.1, 0.15) is 11.5 Å². The van der Waals surface area contributed by atoms with E-state index in [0.717, 1.165) is 17.1 Å². The highest BCUT2D eigenvalue weighted by molar-refractivity contribution is 5.54. The highest BCUT2D eigenvalue weighted by atomic mass is 16.5. The number of rotatable bonds is 6. The minimum absolute atomic E-state index is 0.174. The second kappa shape index (κ2) is 7.75. The Morgan fingerprint density at radius 2 is 1.44 bits per heavy atom. The zero-order valence-corrected chi connectivity index (χ0v) is 14.8. The maximum Gasteiger partial charge on any atom is 0.118 e. The molecule has 128 valence electrons. The van der Waals surface area contributed by atoms with Crippen molar-refractivity contribution in [1.29, 1.82) is 0 Å². The molecule has 1 unspecified atom stereocenters. The topological polar surface area (TPSA) is 23.4 Å². The lowest BCUT2D eigenvalue weighted by molar-refractivity contribution is 0.414. The predicted octanol–water partition coefficient (Wildman–Crippen LogP) is 4.89. The maximum absolute atomic E-state index is 5.28. The fourth-order valence-corrected chi connectivity index (χ4v) is 2.91. The third-order valence-electron chi connectivity index (χ3n) is 4.37. The van der Waals surface area contributed by atoms with Crippen LogP contribution in [0, 0.1) is 0 Å². The number of hydrogen-bond donors (Lipinski definition) is 0. The fraction of sp³-hybridized carbons (Fsp3) is 0.182.